The fourth-order valence-electron chi connectivity index (χ4n) is 1.19. The number of hydrogen-bond acceptors (Lipinski definition) is 3. The second-order valence-electron chi connectivity index (χ2n) is 3.37. The van der Waals surface area contributed by atoms with Crippen molar-refractivity contribution in [3.05, 3.63) is 29.1 Å². The molecule has 0 unspecified atom stereocenters. The van der Waals surface area contributed by atoms with E-state index in [9.17, 15) is 22.8 Å². The van der Waals surface area contributed by atoms with E-state index in [2.05, 4.69) is 4.98 Å². The highest BCUT2D eigenvalue weighted by atomic mass is 19.4. The quantitative estimate of drug-likeness (QED) is 0.828. The van der Waals surface area contributed by atoms with Gasteiger partial charge in [-0.15, -0.1) is 0 Å². The van der Waals surface area contributed by atoms with E-state index in [-0.39, 0.29) is 5.56 Å². The van der Waals surface area contributed by atoms with E-state index >= 15 is 0 Å². The summed E-state index contributed by atoms with van der Waals surface area (Å²) in [7, 11) is 0. The SMILES string of the molecule is CC(=O)c1cc(CC(=O)O)cc(C(F)(F)F)n1. The molecule has 0 bridgehead atoms. The number of halogens is 3. The number of Topliss-reactive ketones (excluding diaryl/α,β-unsaturated/α-hetero) is 1. The Kier molecular flexibility index (Phi) is 3.50. The van der Waals surface area contributed by atoms with Crippen LogP contribution in [0.3, 0.4) is 0 Å². The number of nitrogens with zero attached hydrogens (tertiary/aromatic N) is 1. The van der Waals surface area contributed by atoms with E-state index in [1.54, 1.807) is 0 Å². The van der Waals surface area contributed by atoms with Gasteiger partial charge in [0.25, 0.3) is 0 Å². The van der Waals surface area contributed by atoms with Crippen molar-refractivity contribution in [3.63, 3.8) is 0 Å². The molecule has 0 spiro atoms. The number of carbonyl (C=O) groups is 2. The third-order valence-corrected chi connectivity index (χ3v) is 1.89. The molecule has 0 aliphatic rings. The smallest absolute Gasteiger partial charge is 0.433 e. The average Bonchev–Trinajstić information content (AvgIpc) is 2.14. The molecule has 0 aromatic carbocycles. The van der Waals surface area contributed by atoms with Crippen molar-refractivity contribution in [2.24, 2.45) is 0 Å². The summed E-state index contributed by atoms with van der Waals surface area (Å²) in [6, 6.07) is 1.67. The topological polar surface area (TPSA) is 67.3 Å². The van der Waals surface area contributed by atoms with Gasteiger partial charge < -0.3 is 5.11 Å². The van der Waals surface area contributed by atoms with Crippen molar-refractivity contribution in [1.82, 2.24) is 4.98 Å². The summed E-state index contributed by atoms with van der Waals surface area (Å²) in [6.07, 6.45) is -5.30. The molecule has 92 valence electrons. The molecule has 0 radical (unpaired) electrons. The molecular formula is C10H8F3NO3. The number of hydrogen-bond donors (Lipinski definition) is 1. The molecule has 4 nitrogen and oxygen atoms in total. The molecule has 0 aliphatic carbocycles. The van der Waals surface area contributed by atoms with Crippen LogP contribution in [0.15, 0.2) is 12.1 Å². The van der Waals surface area contributed by atoms with Crippen molar-refractivity contribution in [2.75, 3.05) is 0 Å². The van der Waals surface area contributed by atoms with Crippen LogP contribution < -0.4 is 0 Å². The van der Waals surface area contributed by atoms with Crippen molar-refractivity contribution in [3.8, 4) is 0 Å². The van der Waals surface area contributed by atoms with Gasteiger partial charge in [0, 0.05) is 6.92 Å². The Labute approximate surface area is 94.1 Å². The van der Waals surface area contributed by atoms with Crippen LogP contribution in [-0.4, -0.2) is 21.8 Å². The lowest BCUT2D eigenvalue weighted by atomic mass is 10.1. The summed E-state index contributed by atoms with van der Waals surface area (Å²) >= 11 is 0. The van der Waals surface area contributed by atoms with E-state index < -0.39 is 35.7 Å². The molecule has 0 atom stereocenters. The Balaban J connectivity index is 3.28. The van der Waals surface area contributed by atoms with E-state index in [1.807, 2.05) is 0 Å². The zero-order valence-corrected chi connectivity index (χ0v) is 8.71. The third kappa shape index (κ3) is 3.54. The highest BCUT2D eigenvalue weighted by molar-refractivity contribution is 5.92. The fourth-order valence-corrected chi connectivity index (χ4v) is 1.19. The van der Waals surface area contributed by atoms with E-state index in [4.69, 9.17) is 5.11 Å². The molecule has 7 heteroatoms. The summed E-state index contributed by atoms with van der Waals surface area (Å²) in [5, 5.41) is 8.50. The van der Waals surface area contributed by atoms with Gasteiger partial charge in [0.05, 0.1) is 6.42 Å². The van der Waals surface area contributed by atoms with Gasteiger partial charge in [-0.25, -0.2) is 4.98 Å². The first kappa shape index (κ1) is 13.1. The zero-order valence-electron chi connectivity index (χ0n) is 8.71. The molecule has 0 aliphatic heterocycles. The summed E-state index contributed by atoms with van der Waals surface area (Å²) in [5.74, 6) is -1.93. The zero-order chi connectivity index (χ0) is 13.2. The Morgan fingerprint density at radius 2 is 1.94 bits per heavy atom. The summed E-state index contributed by atoms with van der Waals surface area (Å²) in [5.41, 5.74) is -1.76. The van der Waals surface area contributed by atoms with Crippen LogP contribution in [0.25, 0.3) is 0 Å². The standard InChI is InChI=1S/C10H8F3NO3/c1-5(15)7-2-6(4-9(16)17)3-8(14-7)10(11,12)13/h2-3H,4H2,1H3,(H,16,17). The molecule has 0 saturated heterocycles. The molecule has 1 N–H and O–H groups in total. The van der Waals surface area contributed by atoms with Crippen LogP contribution in [-0.2, 0) is 17.4 Å². The Morgan fingerprint density at radius 1 is 1.35 bits per heavy atom. The minimum atomic E-state index is -4.71. The maximum Gasteiger partial charge on any atom is 0.433 e. The second-order valence-corrected chi connectivity index (χ2v) is 3.37. The van der Waals surface area contributed by atoms with Crippen LogP contribution in [0.2, 0.25) is 0 Å². The minimum absolute atomic E-state index is 0.106. The third-order valence-electron chi connectivity index (χ3n) is 1.89. The summed E-state index contributed by atoms with van der Waals surface area (Å²) in [4.78, 5) is 24.6. The highest BCUT2D eigenvalue weighted by Gasteiger charge is 2.33. The van der Waals surface area contributed by atoms with Gasteiger partial charge >= 0.3 is 12.1 Å². The number of rotatable bonds is 3. The van der Waals surface area contributed by atoms with E-state index in [0.29, 0.717) is 6.07 Å². The van der Waals surface area contributed by atoms with Gasteiger partial charge in [-0.1, -0.05) is 0 Å². The molecule has 1 rings (SSSR count). The lowest BCUT2D eigenvalue weighted by molar-refractivity contribution is -0.141. The number of carbonyl (C=O) groups excluding carboxylic acids is 1. The van der Waals surface area contributed by atoms with Crippen molar-refractivity contribution in [2.45, 2.75) is 19.5 Å². The normalized spacial score (nSPS) is 11.3. The van der Waals surface area contributed by atoms with Gasteiger partial charge in [-0.3, -0.25) is 9.59 Å². The number of aromatic nitrogens is 1. The predicted octanol–water partition coefficient (Wildman–Crippen LogP) is 1.93. The van der Waals surface area contributed by atoms with E-state index in [1.165, 1.54) is 0 Å². The molecule has 17 heavy (non-hydrogen) atoms. The van der Waals surface area contributed by atoms with Gasteiger partial charge in [0.1, 0.15) is 11.4 Å². The van der Waals surface area contributed by atoms with Gasteiger partial charge in [-0.2, -0.15) is 13.2 Å². The van der Waals surface area contributed by atoms with E-state index in [0.717, 1.165) is 13.0 Å². The number of pyridine rings is 1. The first-order valence-corrected chi connectivity index (χ1v) is 4.51. The number of carboxylic acids is 1. The van der Waals surface area contributed by atoms with Crippen LogP contribution in [0, 0.1) is 0 Å². The molecule has 1 aromatic rings. The first-order chi connectivity index (χ1) is 7.70. The number of aliphatic carboxylic acids is 1. The lowest BCUT2D eigenvalue weighted by Gasteiger charge is -2.09. The minimum Gasteiger partial charge on any atom is -0.481 e. The van der Waals surface area contributed by atoms with Gasteiger partial charge in [-0.05, 0) is 17.7 Å². The first-order valence-electron chi connectivity index (χ1n) is 4.51. The molecule has 1 aromatic heterocycles. The second kappa shape index (κ2) is 4.52. The maximum atomic E-state index is 12.4. The van der Waals surface area contributed by atoms with Crippen molar-refractivity contribution >= 4 is 11.8 Å². The van der Waals surface area contributed by atoms with Crippen molar-refractivity contribution in [1.29, 1.82) is 0 Å². The average molecular weight is 247 g/mol. The molecular weight excluding hydrogens is 239 g/mol. The molecule has 1 heterocycles. The number of ketones is 1. The summed E-state index contributed by atoms with van der Waals surface area (Å²) < 4.78 is 37.3. The highest BCUT2D eigenvalue weighted by Crippen LogP contribution is 2.28. The molecule has 0 saturated carbocycles. The lowest BCUT2D eigenvalue weighted by Crippen LogP contribution is -2.13. The Hall–Kier alpha value is -1.92. The maximum absolute atomic E-state index is 12.4. The van der Waals surface area contributed by atoms with Crippen molar-refractivity contribution < 1.29 is 27.9 Å². The molecule has 0 fully saturated rings. The number of alkyl halides is 3. The Bertz CT molecular complexity index is 468. The fraction of sp³-hybridized carbons (Fsp3) is 0.300. The van der Waals surface area contributed by atoms with Crippen LogP contribution in [0.4, 0.5) is 13.2 Å². The number of carboxylic acid groups (broad SMARTS) is 1. The summed E-state index contributed by atoms with van der Waals surface area (Å²) in [6.45, 7) is 1.06. The van der Waals surface area contributed by atoms with Crippen LogP contribution in [0.1, 0.15) is 28.7 Å². The van der Waals surface area contributed by atoms with Crippen LogP contribution >= 0.6 is 0 Å². The van der Waals surface area contributed by atoms with Gasteiger partial charge in [0.2, 0.25) is 0 Å². The van der Waals surface area contributed by atoms with Crippen LogP contribution in [0.5, 0.6) is 0 Å². The monoisotopic (exact) mass is 247 g/mol. The van der Waals surface area contributed by atoms with Gasteiger partial charge in [0.15, 0.2) is 5.78 Å². The predicted molar refractivity (Wildman–Crippen MR) is 50.6 cm³/mol. The largest absolute Gasteiger partial charge is 0.481 e. The molecule has 0 amide bonds. The Morgan fingerprint density at radius 3 is 2.35 bits per heavy atom.